The molecule has 0 aliphatic carbocycles. The molecule has 0 saturated carbocycles. The van der Waals surface area contributed by atoms with Gasteiger partial charge in [-0.25, -0.2) is 0 Å². The Morgan fingerprint density at radius 2 is 1.24 bits per heavy atom. The molecule has 0 N–H and O–H groups in total. The lowest BCUT2D eigenvalue weighted by atomic mass is 10.1. The molecule has 0 aromatic heterocycles. The molecule has 0 rings (SSSR count). The maximum absolute atomic E-state index is 5.72. The highest BCUT2D eigenvalue weighted by Crippen LogP contribution is 2.07. The number of rotatable bonds is 16. The summed E-state index contributed by atoms with van der Waals surface area (Å²) in [5.41, 5.74) is 0. The van der Waals surface area contributed by atoms with Crippen LogP contribution in [-0.2, 0) is 14.2 Å². The molecule has 0 fully saturated rings. The van der Waals surface area contributed by atoms with Gasteiger partial charge in [0.05, 0.1) is 25.4 Å². The summed E-state index contributed by atoms with van der Waals surface area (Å²) in [6.45, 7) is 11.5. The second kappa shape index (κ2) is 16.3. The number of ether oxygens (including phenoxy) is 3. The fourth-order valence-electron chi connectivity index (χ4n) is 2.13. The summed E-state index contributed by atoms with van der Waals surface area (Å²) >= 11 is 0. The molecule has 0 saturated heterocycles. The summed E-state index contributed by atoms with van der Waals surface area (Å²) in [5.74, 6) is 0. The van der Waals surface area contributed by atoms with Crippen LogP contribution in [0.2, 0.25) is 0 Å². The van der Waals surface area contributed by atoms with Crippen LogP contribution in [0, 0.1) is 0 Å². The minimum Gasteiger partial charge on any atom is -0.379 e. The second-order valence-corrected chi connectivity index (χ2v) is 6.02. The van der Waals surface area contributed by atoms with E-state index in [1.165, 1.54) is 44.9 Å². The van der Waals surface area contributed by atoms with E-state index in [1.807, 2.05) is 0 Å². The highest BCUT2D eigenvalue weighted by Gasteiger charge is 2.06. The van der Waals surface area contributed by atoms with Crippen molar-refractivity contribution in [2.45, 2.75) is 91.3 Å². The van der Waals surface area contributed by atoms with Crippen LogP contribution in [0.15, 0.2) is 0 Å². The van der Waals surface area contributed by atoms with Gasteiger partial charge in [0.2, 0.25) is 0 Å². The van der Waals surface area contributed by atoms with Crippen molar-refractivity contribution in [3.05, 3.63) is 0 Å². The Kier molecular flexibility index (Phi) is 16.2. The van der Waals surface area contributed by atoms with Crippen molar-refractivity contribution >= 4 is 0 Å². The molecule has 21 heavy (non-hydrogen) atoms. The molecule has 0 amide bonds. The van der Waals surface area contributed by atoms with E-state index in [0.29, 0.717) is 13.2 Å². The van der Waals surface area contributed by atoms with Gasteiger partial charge in [0.25, 0.3) is 0 Å². The van der Waals surface area contributed by atoms with E-state index in [1.54, 1.807) is 0 Å². The van der Waals surface area contributed by atoms with Gasteiger partial charge in [-0.1, -0.05) is 52.4 Å². The molecular formula is C18H38O3. The predicted molar refractivity (Wildman–Crippen MR) is 89.9 cm³/mol. The molecule has 0 aliphatic rings. The largest absolute Gasteiger partial charge is 0.379 e. The zero-order chi connectivity index (χ0) is 15.8. The third-order valence-electron chi connectivity index (χ3n) is 3.47. The zero-order valence-electron chi connectivity index (χ0n) is 14.9. The first-order valence-electron chi connectivity index (χ1n) is 9.01. The van der Waals surface area contributed by atoms with Crippen molar-refractivity contribution in [3.63, 3.8) is 0 Å². The van der Waals surface area contributed by atoms with Crippen LogP contribution in [0.5, 0.6) is 0 Å². The average Bonchev–Trinajstić information content (AvgIpc) is 2.49. The quantitative estimate of drug-likeness (QED) is 0.377. The molecular weight excluding hydrogens is 264 g/mol. The van der Waals surface area contributed by atoms with Crippen LogP contribution in [0.25, 0.3) is 0 Å². The van der Waals surface area contributed by atoms with Gasteiger partial charge >= 0.3 is 0 Å². The highest BCUT2D eigenvalue weighted by molar-refractivity contribution is 4.53. The molecule has 0 radical (unpaired) electrons. The fraction of sp³-hybridized carbons (Fsp3) is 1.00. The standard InChI is InChI=1S/C18H38O3/c1-5-7-8-9-10-11-12-14-19-15-17(3)21-16-18(4)20-13-6-2/h17-18H,5-16H2,1-4H3. The van der Waals surface area contributed by atoms with Gasteiger partial charge in [-0.3, -0.25) is 0 Å². The lowest BCUT2D eigenvalue weighted by Crippen LogP contribution is -2.23. The summed E-state index contributed by atoms with van der Waals surface area (Å²) in [4.78, 5) is 0. The molecule has 2 atom stereocenters. The van der Waals surface area contributed by atoms with Gasteiger partial charge < -0.3 is 14.2 Å². The minimum absolute atomic E-state index is 0.155. The van der Waals surface area contributed by atoms with Crippen molar-refractivity contribution in [2.75, 3.05) is 26.4 Å². The minimum atomic E-state index is 0.155. The Labute approximate surface area is 132 Å². The van der Waals surface area contributed by atoms with E-state index in [2.05, 4.69) is 27.7 Å². The molecule has 0 aromatic carbocycles. The zero-order valence-corrected chi connectivity index (χ0v) is 14.9. The van der Waals surface area contributed by atoms with E-state index in [4.69, 9.17) is 14.2 Å². The summed E-state index contributed by atoms with van der Waals surface area (Å²) in [6, 6.07) is 0. The van der Waals surface area contributed by atoms with Crippen LogP contribution in [0.3, 0.4) is 0 Å². The van der Waals surface area contributed by atoms with Gasteiger partial charge in [0, 0.05) is 13.2 Å². The molecule has 0 aromatic rings. The molecule has 0 bridgehead atoms. The Morgan fingerprint density at radius 1 is 0.619 bits per heavy atom. The molecule has 3 nitrogen and oxygen atoms in total. The Balaban J connectivity index is 3.24. The third-order valence-corrected chi connectivity index (χ3v) is 3.47. The van der Waals surface area contributed by atoms with E-state index < -0.39 is 0 Å². The van der Waals surface area contributed by atoms with Crippen LogP contribution >= 0.6 is 0 Å². The van der Waals surface area contributed by atoms with Crippen LogP contribution in [-0.4, -0.2) is 38.6 Å². The smallest absolute Gasteiger partial charge is 0.0781 e. The summed E-state index contributed by atoms with van der Waals surface area (Å²) < 4.78 is 17.0. The normalized spacial score (nSPS) is 14.3. The van der Waals surface area contributed by atoms with Crippen molar-refractivity contribution < 1.29 is 14.2 Å². The van der Waals surface area contributed by atoms with Crippen molar-refractivity contribution in [1.82, 2.24) is 0 Å². The average molecular weight is 302 g/mol. The Bertz CT molecular complexity index is 197. The number of unbranched alkanes of at least 4 members (excludes halogenated alkanes) is 6. The lowest BCUT2D eigenvalue weighted by molar-refractivity contribution is -0.0570. The topological polar surface area (TPSA) is 27.7 Å². The van der Waals surface area contributed by atoms with E-state index in [-0.39, 0.29) is 12.2 Å². The first kappa shape index (κ1) is 20.9. The van der Waals surface area contributed by atoms with Crippen LogP contribution in [0.4, 0.5) is 0 Å². The second-order valence-electron chi connectivity index (χ2n) is 6.02. The Morgan fingerprint density at radius 3 is 1.90 bits per heavy atom. The maximum atomic E-state index is 5.72. The summed E-state index contributed by atoms with van der Waals surface area (Å²) in [6.07, 6.45) is 10.7. The summed E-state index contributed by atoms with van der Waals surface area (Å²) in [5, 5.41) is 0. The van der Waals surface area contributed by atoms with Gasteiger partial charge in [0.1, 0.15) is 0 Å². The lowest BCUT2D eigenvalue weighted by Gasteiger charge is -2.17. The molecule has 0 spiro atoms. The molecule has 3 heteroatoms. The number of hydrogen-bond donors (Lipinski definition) is 0. The maximum Gasteiger partial charge on any atom is 0.0781 e. The van der Waals surface area contributed by atoms with Gasteiger partial charge in [0.15, 0.2) is 0 Å². The van der Waals surface area contributed by atoms with Crippen LogP contribution < -0.4 is 0 Å². The number of hydrogen-bond acceptors (Lipinski definition) is 3. The highest BCUT2D eigenvalue weighted by atomic mass is 16.6. The molecule has 2 unspecified atom stereocenters. The van der Waals surface area contributed by atoms with Crippen molar-refractivity contribution in [3.8, 4) is 0 Å². The Hall–Kier alpha value is -0.120. The molecule has 0 heterocycles. The monoisotopic (exact) mass is 302 g/mol. The van der Waals surface area contributed by atoms with Crippen molar-refractivity contribution in [2.24, 2.45) is 0 Å². The van der Waals surface area contributed by atoms with Gasteiger partial charge in [-0.2, -0.15) is 0 Å². The van der Waals surface area contributed by atoms with Gasteiger partial charge in [-0.15, -0.1) is 0 Å². The van der Waals surface area contributed by atoms with Gasteiger partial charge in [-0.05, 0) is 26.7 Å². The van der Waals surface area contributed by atoms with E-state index in [9.17, 15) is 0 Å². The first-order valence-corrected chi connectivity index (χ1v) is 9.01. The SMILES string of the molecule is CCCCCCCCCOCC(C)OCC(C)OCCC. The van der Waals surface area contributed by atoms with Crippen molar-refractivity contribution in [1.29, 1.82) is 0 Å². The van der Waals surface area contributed by atoms with Crippen LogP contribution in [0.1, 0.15) is 79.1 Å². The predicted octanol–water partition coefficient (Wildman–Crippen LogP) is 4.97. The van der Waals surface area contributed by atoms with E-state index in [0.717, 1.165) is 19.6 Å². The first-order chi connectivity index (χ1) is 10.2. The molecule has 128 valence electrons. The fourth-order valence-corrected chi connectivity index (χ4v) is 2.13. The third kappa shape index (κ3) is 16.1. The van der Waals surface area contributed by atoms with E-state index >= 15 is 0 Å². The molecule has 0 aliphatic heterocycles. The summed E-state index contributed by atoms with van der Waals surface area (Å²) in [7, 11) is 0.